The molecule has 1 aromatic rings. The Labute approximate surface area is 84.5 Å². The number of aliphatic hydroxyl groups is 2. The molecule has 2 nitrogen and oxygen atoms in total. The van der Waals surface area contributed by atoms with E-state index in [9.17, 15) is 0 Å². The van der Waals surface area contributed by atoms with E-state index < -0.39 is 0 Å². The van der Waals surface area contributed by atoms with Crippen LogP contribution in [0.4, 0.5) is 0 Å². The summed E-state index contributed by atoms with van der Waals surface area (Å²) in [6.45, 7) is 2.23. The maximum absolute atomic E-state index is 9.05. The molecule has 0 aliphatic carbocycles. The molecule has 0 bridgehead atoms. The van der Waals surface area contributed by atoms with Crippen molar-refractivity contribution >= 4 is 6.08 Å². The lowest BCUT2D eigenvalue weighted by Crippen LogP contribution is -1.88. The van der Waals surface area contributed by atoms with Crippen molar-refractivity contribution < 1.29 is 10.2 Å². The molecule has 0 saturated carbocycles. The van der Waals surface area contributed by atoms with E-state index in [0.29, 0.717) is 6.42 Å². The van der Waals surface area contributed by atoms with Crippen LogP contribution in [0.2, 0.25) is 0 Å². The van der Waals surface area contributed by atoms with Crippen LogP contribution < -0.4 is 0 Å². The van der Waals surface area contributed by atoms with Gasteiger partial charge in [0.25, 0.3) is 0 Å². The number of aliphatic hydroxyl groups excluding tert-OH is 2. The molecule has 0 atom stereocenters. The summed E-state index contributed by atoms with van der Waals surface area (Å²) in [6, 6.07) is 5.95. The molecule has 0 saturated heterocycles. The highest BCUT2D eigenvalue weighted by Crippen LogP contribution is 2.12. The van der Waals surface area contributed by atoms with Crippen LogP contribution in [0.25, 0.3) is 6.08 Å². The Morgan fingerprint density at radius 2 is 2.07 bits per heavy atom. The van der Waals surface area contributed by atoms with Crippen LogP contribution in [0, 0.1) is 6.92 Å². The van der Waals surface area contributed by atoms with Gasteiger partial charge < -0.3 is 10.2 Å². The van der Waals surface area contributed by atoms with Crippen LogP contribution in [-0.4, -0.2) is 16.8 Å². The van der Waals surface area contributed by atoms with E-state index in [-0.39, 0.29) is 13.2 Å². The van der Waals surface area contributed by atoms with Gasteiger partial charge in [-0.15, -0.1) is 0 Å². The zero-order valence-electron chi connectivity index (χ0n) is 8.40. The van der Waals surface area contributed by atoms with Crippen molar-refractivity contribution in [2.45, 2.75) is 20.0 Å². The van der Waals surface area contributed by atoms with Crippen LogP contribution >= 0.6 is 0 Å². The summed E-state index contributed by atoms with van der Waals surface area (Å²) < 4.78 is 0. The Morgan fingerprint density at radius 1 is 1.29 bits per heavy atom. The fraction of sp³-hybridized carbons (Fsp3) is 0.333. The second kappa shape index (κ2) is 5.58. The highest BCUT2D eigenvalue weighted by atomic mass is 16.3. The number of aryl methyl sites for hydroxylation is 1. The highest BCUT2D eigenvalue weighted by Gasteiger charge is 1.96. The molecule has 76 valence electrons. The fourth-order valence-electron chi connectivity index (χ4n) is 1.26. The third kappa shape index (κ3) is 2.98. The summed E-state index contributed by atoms with van der Waals surface area (Å²) in [5.41, 5.74) is 3.12. The van der Waals surface area contributed by atoms with Gasteiger partial charge in [0.05, 0.1) is 6.61 Å². The van der Waals surface area contributed by atoms with E-state index in [2.05, 4.69) is 0 Å². The van der Waals surface area contributed by atoms with Crippen molar-refractivity contribution in [2.75, 3.05) is 6.61 Å². The minimum Gasteiger partial charge on any atom is -0.396 e. The van der Waals surface area contributed by atoms with Crippen molar-refractivity contribution in [3.63, 3.8) is 0 Å². The minimum absolute atomic E-state index is 0.0769. The summed E-state index contributed by atoms with van der Waals surface area (Å²) in [4.78, 5) is 0. The van der Waals surface area contributed by atoms with E-state index in [4.69, 9.17) is 10.2 Å². The Morgan fingerprint density at radius 3 is 2.71 bits per heavy atom. The molecule has 14 heavy (non-hydrogen) atoms. The second-order valence-electron chi connectivity index (χ2n) is 3.26. The van der Waals surface area contributed by atoms with Gasteiger partial charge in [-0.2, -0.15) is 0 Å². The molecule has 0 amide bonds. The van der Waals surface area contributed by atoms with Crippen molar-refractivity contribution in [2.24, 2.45) is 0 Å². The van der Waals surface area contributed by atoms with E-state index in [1.165, 1.54) is 0 Å². The molecule has 0 aliphatic heterocycles. The number of hydrogen-bond donors (Lipinski definition) is 2. The van der Waals surface area contributed by atoms with Crippen LogP contribution in [0.15, 0.2) is 24.3 Å². The number of hydrogen-bond acceptors (Lipinski definition) is 2. The fourth-order valence-corrected chi connectivity index (χ4v) is 1.26. The standard InChI is InChI=1S/C12H16O2/c1-10-5-6-11(4-2-3-7-13)8-12(10)9-14/h2,4-6,8,13-14H,3,7,9H2,1H3. The van der Waals surface area contributed by atoms with E-state index in [1.807, 2.05) is 37.3 Å². The zero-order chi connectivity index (χ0) is 10.4. The van der Waals surface area contributed by atoms with Gasteiger partial charge in [-0.1, -0.05) is 24.3 Å². The Hall–Kier alpha value is -1.12. The maximum Gasteiger partial charge on any atom is 0.0684 e. The summed E-state index contributed by atoms with van der Waals surface area (Å²) >= 11 is 0. The summed E-state index contributed by atoms with van der Waals surface area (Å²) in [5, 5.41) is 17.6. The van der Waals surface area contributed by atoms with Crippen molar-refractivity contribution in [1.82, 2.24) is 0 Å². The zero-order valence-corrected chi connectivity index (χ0v) is 8.40. The largest absolute Gasteiger partial charge is 0.396 e. The smallest absolute Gasteiger partial charge is 0.0684 e. The van der Waals surface area contributed by atoms with Gasteiger partial charge in [0, 0.05) is 6.61 Å². The van der Waals surface area contributed by atoms with Gasteiger partial charge >= 0.3 is 0 Å². The topological polar surface area (TPSA) is 40.5 Å². The molecule has 1 rings (SSSR count). The third-order valence-corrected chi connectivity index (χ3v) is 2.15. The first-order valence-corrected chi connectivity index (χ1v) is 4.75. The molecule has 0 spiro atoms. The lowest BCUT2D eigenvalue weighted by atomic mass is 10.1. The van der Waals surface area contributed by atoms with Gasteiger partial charge in [0.1, 0.15) is 0 Å². The molecule has 0 radical (unpaired) electrons. The first-order chi connectivity index (χ1) is 6.77. The van der Waals surface area contributed by atoms with Crippen LogP contribution in [-0.2, 0) is 6.61 Å². The van der Waals surface area contributed by atoms with E-state index in [0.717, 1.165) is 16.7 Å². The molecule has 2 N–H and O–H groups in total. The van der Waals surface area contributed by atoms with Gasteiger partial charge in [-0.25, -0.2) is 0 Å². The van der Waals surface area contributed by atoms with Gasteiger partial charge in [0.2, 0.25) is 0 Å². The lowest BCUT2D eigenvalue weighted by Gasteiger charge is -2.03. The summed E-state index contributed by atoms with van der Waals surface area (Å²) in [5.74, 6) is 0. The maximum atomic E-state index is 9.05. The lowest BCUT2D eigenvalue weighted by molar-refractivity contribution is 0.281. The predicted octanol–water partition coefficient (Wildman–Crippen LogP) is 1.88. The summed E-state index contributed by atoms with van der Waals surface area (Å²) in [7, 11) is 0. The normalized spacial score (nSPS) is 11.1. The molecule has 0 heterocycles. The van der Waals surface area contributed by atoms with Crippen LogP contribution in [0.3, 0.4) is 0 Å². The number of benzene rings is 1. The molecule has 0 unspecified atom stereocenters. The van der Waals surface area contributed by atoms with Crippen LogP contribution in [0.5, 0.6) is 0 Å². The third-order valence-electron chi connectivity index (χ3n) is 2.15. The molecular formula is C12H16O2. The molecule has 0 aromatic heterocycles. The minimum atomic E-state index is 0.0769. The predicted molar refractivity (Wildman–Crippen MR) is 57.8 cm³/mol. The molecule has 1 aromatic carbocycles. The molecule has 0 aliphatic rings. The Bertz CT molecular complexity index is 316. The highest BCUT2D eigenvalue weighted by molar-refractivity contribution is 5.51. The van der Waals surface area contributed by atoms with Gasteiger partial charge in [0.15, 0.2) is 0 Å². The molecule has 0 fully saturated rings. The average molecular weight is 192 g/mol. The Kier molecular flexibility index (Phi) is 4.36. The SMILES string of the molecule is Cc1ccc(C=CCCO)cc1CO. The second-order valence-corrected chi connectivity index (χ2v) is 3.26. The number of rotatable bonds is 4. The first-order valence-electron chi connectivity index (χ1n) is 4.75. The van der Waals surface area contributed by atoms with Gasteiger partial charge in [-0.05, 0) is 36.1 Å². The summed E-state index contributed by atoms with van der Waals surface area (Å²) in [6.07, 6.45) is 4.54. The van der Waals surface area contributed by atoms with E-state index >= 15 is 0 Å². The first kappa shape index (κ1) is 11.0. The van der Waals surface area contributed by atoms with E-state index in [1.54, 1.807) is 0 Å². The van der Waals surface area contributed by atoms with Crippen LogP contribution in [0.1, 0.15) is 23.1 Å². The average Bonchev–Trinajstić information content (AvgIpc) is 2.21. The van der Waals surface area contributed by atoms with Gasteiger partial charge in [-0.3, -0.25) is 0 Å². The quantitative estimate of drug-likeness (QED) is 0.764. The molecule has 2 heteroatoms. The Balaban J connectivity index is 2.79. The monoisotopic (exact) mass is 192 g/mol. The van der Waals surface area contributed by atoms with Crippen molar-refractivity contribution in [1.29, 1.82) is 0 Å². The molecular weight excluding hydrogens is 176 g/mol. The van der Waals surface area contributed by atoms with Crippen molar-refractivity contribution in [3.8, 4) is 0 Å². The van der Waals surface area contributed by atoms with Crippen molar-refractivity contribution in [3.05, 3.63) is 41.0 Å².